The van der Waals surface area contributed by atoms with Crippen LogP contribution >= 0.6 is 0 Å². The molecule has 1 aromatic carbocycles. The van der Waals surface area contributed by atoms with Gasteiger partial charge in [0.05, 0.1) is 5.69 Å². The molecule has 2 aromatic rings. The highest BCUT2D eigenvalue weighted by Gasteiger charge is 2.19. The zero-order valence-corrected chi connectivity index (χ0v) is 14.4. The molecule has 25 heavy (non-hydrogen) atoms. The van der Waals surface area contributed by atoms with Crippen molar-refractivity contribution in [1.29, 1.82) is 0 Å². The lowest BCUT2D eigenvalue weighted by Crippen LogP contribution is -2.46. The average molecular weight is 341 g/mol. The fourth-order valence-electron chi connectivity index (χ4n) is 3.59. The van der Waals surface area contributed by atoms with Gasteiger partial charge in [0.2, 0.25) is 5.95 Å². The molecule has 0 radical (unpaired) electrons. The van der Waals surface area contributed by atoms with Crippen molar-refractivity contribution in [1.82, 2.24) is 14.9 Å². The van der Waals surface area contributed by atoms with Crippen LogP contribution in [0.3, 0.4) is 0 Å². The number of piperazine rings is 1. The number of nitrogens with zero attached hydrogens (tertiary/aromatic N) is 5. The molecule has 0 saturated carbocycles. The molecule has 0 spiro atoms. The summed E-state index contributed by atoms with van der Waals surface area (Å²) in [5.41, 5.74) is 2.19. The van der Waals surface area contributed by atoms with Gasteiger partial charge in [-0.2, -0.15) is 0 Å². The summed E-state index contributed by atoms with van der Waals surface area (Å²) in [5, 5.41) is 0. The van der Waals surface area contributed by atoms with Crippen LogP contribution in [0.2, 0.25) is 0 Å². The molecular formula is C19H24FN5. The van der Waals surface area contributed by atoms with Crippen molar-refractivity contribution in [2.75, 3.05) is 49.1 Å². The lowest BCUT2D eigenvalue weighted by atomic mass is 10.2. The van der Waals surface area contributed by atoms with Crippen molar-refractivity contribution in [3.05, 3.63) is 48.0 Å². The average Bonchev–Trinajstić information content (AvgIpc) is 3.18. The van der Waals surface area contributed by atoms with Gasteiger partial charge in [-0.3, -0.25) is 4.90 Å². The van der Waals surface area contributed by atoms with Gasteiger partial charge in [-0.25, -0.2) is 14.4 Å². The summed E-state index contributed by atoms with van der Waals surface area (Å²) in [5.74, 6) is 0.694. The lowest BCUT2D eigenvalue weighted by molar-refractivity contribution is 0.247. The summed E-state index contributed by atoms with van der Waals surface area (Å²) >= 11 is 0. The van der Waals surface area contributed by atoms with E-state index in [1.807, 2.05) is 24.4 Å². The van der Waals surface area contributed by atoms with Gasteiger partial charge in [-0.05, 0) is 43.2 Å². The Hall–Kier alpha value is -2.21. The largest absolute Gasteiger partial charge is 0.369 e. The van der Waals surface area contributed by atoms with Gasteiger partial charge in [0.1, 0.15) is 5.82 Å². The number of anilines is 2. The van der Waals surface area contributed by atoms with Crippen LogP contribution in [0.25, 0.3) is 0 Å². The van der Waals surface area contributed by atoms with Crippen LogP contribution < -0.4 is 9.80 Å². The van der Waals surface area contributed by atoms with Crippen LogP contribution in [-0.4, -0.2) is 54.1 Å². The van der Waals surface area contributed by atoms with E-state index in [0.717, 1.165) is 63.1 Å². The van der Waals surface area contributed by atoms with E-state index in [0.29, 0.717) is 0 Å². The van der Waals surface area contributed by atoms with Crippen LogP contribution in [-0.2, 0) is 6.54 Å². The molecule has 3 heterocycles. The molecule has 2 fully saturated rings. The molecule has 2 saturated heterocycles. The third-order valence-corrected chi connectivity index (χ3v) is 5.04. The topological polar surface area (TPSA) is 35.5 Å². The first-order chi connectivity index (χ1) is 12.3. The SMILES string of the molecule is Fc1ccc(N2CCN(Cc3ccnc(N4CCCC4)n3)CC2)cc1. The van der Waals surface area contributed by atoms with Gasteiger partial charge >= 0.3 is 0 Å². The number of benzene rings is 1. The zero-order chi connectivity index (χ0) is 17.1. The predicted octanol–water partition coefficient (Wildman–Crippen LogP) is 2.54. The van der Waals surface area contributed by atoms with E-state index >= 15 is 0 Å². The summed E-state index contributed by atoms with van der Waals surface area (Å²) < 4.78 is 13.1. The Morgan fingerprint density at radius 2 is 1.56 bits per heavy atom. The van der Waals surface area contributed by atoms with E-state index in [9.17, 15) is 4.39 Å². The maximum atomic E-state index is 13.1. The molecule has 0 aliphatic carbocycles. The lowest BCUT2D eigenvalue weighted by Gasteiger charge is -2.36. The predicted molar refractivity (Wildman–Crippen MR) is 97.4 cm³/mol. The normalized spacial score (nSPS) is 18.8. The number of hydrogen-bond donors (Lipinski definition) is 0. The summed E-state index contributed by atoms with van der Waals surface area (Å²) in [7, 11) is 0. The molecule has 2 aliphatic rings. The second kappa shape index (κ2) is 7.35. The number of hydrogen-bond acceptors (Lipinski definition) is 5. The molecule has 132 valence electrons. The first-order valence-electron chi connectivity index (χ1n) is 9.08. The molecule has 0 amide bonds. The smallest absolute Gasteiger partial charge is 0.225 e. The molecule has 4 rings (SSSR count). The third-order valence-electron chi connectivity index (χ3n) is 5.04. The van der Waals surface area contributed by atoms with E-state index in [-0.39, 0.29) is 5.82 Å². The molecule has 0 unspecified atom stereocenters. The second-order valence-corrected chi connectivity index (χ2v) is 6.78. The number of halogens is 1. The summed E-state index contributed by atoms with van der Waals surface area (Å²) in [4.78, 5) is 16.2. The Balaban J connectivity index is 1.34. The molecule has 1 aromatic heterocycles. The van der Waals surface area contributed by atoms with Crippen LogP contribution in [0.15, 0.2) is 36.5 Å². The highest BCUT2D eigenvalue weighted by atomic mass is 19.1. The molecular weight excluding hydrogens is 317 g/mol. The fourth-order valence-corrected chi connectivity index (χ4v) is 3.59. The maximum absolute atomic E-state index is 13.1. The van der Waals surface area contributed by atoms with Gasteiger partial charge in [-0.15, -0.1) is 0 Å². The Labute approximate surface area is 148 Å². The monoisotopic (exact) mass is 341 g/mol. The first kappa shape index (κ1) is 16.3. The minimum absolute atomic E-state index is 0.181. The molecule has 5 nitrogen and oxygen atoms in total. The summed E-state index contributed by atoms with van der Waals surface area (Å²) in [6.07, 6.45) is 4.35. The van der Waals surface area contributed by atoms with Gasteiger partial charge in [0, 0.05) is 57.7 Å². The van der Waals surface area contributed by atoms with E-state index < -0.39 is 0 Å². The van der Waals surface area contributed by atoms with Crippen LogP contribution in [0, 0.1) is 5.82 Å². The standard InChI is InChI=1S/C19H24FN5/c20-16-3-5-18(6-4-16)24-13-11-23(12-14-24)15-17-7-8-21-19(22-17)25-9-1-2-10-25/h3-8H,1-2,9-15H2. The third kappa shape index (κ3) is 3.90. The van der Waals surface area contributed by atoms with Crippen molar-refractivity contribution in [2.45, 2.75) is 19.4 Å². The van der Waals surface area contributed by atoms with Crippen LogP contribution in [0.4, 0.5) is 16.0 Å². The van der Waals surface area contributed by atoms with Gasteiger partial charge < -0.3 is 9.80 Å². The quantitative estimate of drug-likeness (QED) is 0.854. The van der Waals surface area contributed by atoms with Crippen molar-refractivity contribution in [3.63, 3.8) is 0 Å². The Morgan fingerprint density at radius 1 is 0.840 bits per heavy atom. The van der Waals surface area contributed by atoms with E-state index in [1.165, 1.54) is 25.0 Å². The van der Waals surface area contributed by atoms with E-state index in [4.69, 9.17) is 4.98 Å². The van der Waals surface area contributed by atoms with Crippen molar-refractivity contribution >= 4 is 11.6 Å². The minimum Gasteiger partial charge on any atom is -0.369 e. The van der Waals surface area contributed by atoms with Gasteiger partial charge in [-0.1, -0.05) is 0 Å². The molecule has 0 bridgehead atoms. The minimum atomic E-state index is -0.181. The van der Waals surface area contributed by atoms with Gasteiger partial charge in [0.15, 0.2) is 0 Å². The second-order valence-electron chi connectivity index (χ2n) is 6.78. The van der Waals surface area contributed by atoms with Gasteiger partial charge in [0.25, 0.3) is 0 Å². The number of aromatic nitrogens is 2. The van der Waals surface area contributed by atoms with Crippen molar-refractivity contribution in [2.24, 2.45) is 0 Å². The Kier molecular flexibility index (Phi) is 4.78. The Morgan fingerprint density at radius 3 is 2.28 bits per heavy atom. The van der Waals surface area contributed by atoms with E-state index in [2.05, 4.69) is 19.7 Å². The molecule has 6 heteroatoms. The first-order valence-corrected chi connectivity index (χ1v) is 9.08. The fraction of sp³-hybridized carbons (Fsp3) is 0.474. The summed E-state index contributed by atoms with van der Waals surface area (Å²) in [6.45, 7) is 6.88. The van der Waals surface area contributed by atoms with Crippen molar-refractivity contribution < 1.29 is 4.39 Å². The molecule has 0 N–H and O–H groups in total. The molecule has 0 atom stereocenters. The zero-order valence-electron chi connectivity index (χ0n) is 14.4. The van der Waals surface area contributed by atoms with Crippen LogP contribution in [0.1, 0.15) is 18.5 Å². The van der Waals surface area contributed by atoms with Crippen molar-refractivity contribution in [3.8, 4) is 0 Å². The summed E-state index contributed by atoms with van der Waals surface area (Å²) in [6, 6.07) is 8.80. The number of rotatable bonds is 4. The van der Waals surface area contributed by atoms with E-state index in [1.54, 1.807) is 0 Å². The maximum Gasteiger partial charge on any atom is 0.225 e. The van der Waals surface area contributed by atoms with Crippen LogP contribution in [0.5, 0.6) is 0 Å². The highest BCUT2D eigenvalue weighted by Crippen LogP contribution is 2.19. The molecule has 2 aliphatic heterocycles. The highest BCUT2D eigenvalue weighted by molar-refractivity contribution is 5.46. The Bertz CT molecular complexity index is 691.